The van der Waals surface area contributed by atoms with Crippen molar-refractivity contribution >= 4 is 5.91 Å². The maximum absolute atomic E-state index is 12.0. The monoisotopic (exact) mass is 249 g/mol. The Kier molecular flexibility index (Phi) is 6.39. The van der Waals surface area contributed by atoms with E-state index in [0.29, 0.717) is 12.1 Å². The lowest BCUT2D eigenvalue weighted by Crippen LogP contribution is -2.33. The predicted molar refractivity (Wildman–Crippen MR) is 74.4 cm³/mol. The Bertz CT molecular complexity index is 379. The van der Waals surface area contributed by atoms with E-state index >= 15 is 0 Å². The predicted octanol–water partition coefficient (Wildman–Crippen LogP) is 1.26. The van der Waals surface area contributed by atoms with Crippen LogP contribution in [-0.2, 0) is 6.54 Å². The van der Waals surface area contributed by atoms with Gasteiger partial charge in [-0.15, -0.1) is 0 Å². The van der Waals surface area contributed by atoms with Crippen molar-refractivity contribution in [3.63, 3.8) is 0 Å². The summed E-state index contributed by atoms with van der Waals surface area (Å²) < 4.78 is 0. The molecule has 1 aromatic rings. The molecule has 0 aromatic heterocycles. The molecule has 1 rings (SSSR count). The van der Waals surface area contributed by atoms with Gasteiger partial charge >= 0.3 is 0 Å². The summed E-state index contributed by atoms with van der Waals surface area (Å²) in [5.41, 5.74) is 7.27. The van der Waals surface area contributed by atoms with Gasteiger partial charge in [-0.05, 0) is 51.1 Å². The molecule has 0 aliphatic rings. The van der Waals surface area contributed by atoms with E-state index in [1.54, 1.807) is 0 Å². The highest BCUT2D eigenvalue weighted by Gasteiger charge is 2.09. The van der Waals surface area contributed by atoms with Gasteiger partial charge in [-0.3, -0.25) is 4.79 Å². The van der Waals surface area contributed by atoms with Crippen LogP contribution in [0.5, 0.6) is 0 Å². The fraction of sp³-hybridized carbons (Fsp3) is 0.500. The van der Waals surface area contributed by atoms with Crippen LogP contribution in [0.2, 0.25) is 0 Å². The molecule has 0 radical (unpaired) electrons. The molecule has 4 N–H and O–H groups in total. The summed E-state index contributed by atoms with van der Waals surface area (Å²) in [6.07, 6.45) is 1.85. The largest absolute Gasteiger partial charge is 0.350 e. The van der Waals surface area contributed by atoms with Crippen molar-refractivity contribution in [1.29, 1.82) is 0 Å². The average Bonchev–Trinajstić information content (AvgIpc) is 2.37. The van der Waals surface area contributed by atoms with Crippen molar-refractivity contribution in [2.75, 3.05) is 13.6 Å². The first-order valence-corrected chi connectivity index (χ1v) is 6.42. The average molecular weight is 249 g/mol. The third-order valence-electron chi connectivity index (χ3n) is 2.79. The molecular weight excluding hydrogens is 226 g/mol. The first kappa shape index (κ1) is 14.7. The van der Waals surface area contributed by atoms with Crippen molar-refractivity contribution in [3.05, 3.63) is 35.4 Å². The lowest BCUT2D eigenvalue weighted by molar-refractivity contribution is 0.0938. The molecule has 100 valence electrons. The first-order valence-electron chi connectivity index (χ1n) is 6.42. The number of hydrogen-bond donors (Lipinski definition) is 3. The lowest BCUT2D eigenvalue weighted by Gasteiger charge is -2.13. The quantitative estimate of drug-likeness (QED) is 0.681. The van der Waals surface area contributed by atoms with E-state index in [9.17, 15) is 4.79 Å². The highest BCUT2D eigenvalue weighted by Crippen LogP contribution is 2.06. The third kappa shape index (κ3) is 4.85. The molecule has 0 spiro atoms. The van der Waals surface area contributed by atoms with Gasteiger partial charge in [0.25, 0.3) is 5.91 Å². The molecule has 0 saturated heterocycles. The minimum Gasteiger partial charge on any atom is -0.350 e. The minimum absolute atomic E-state index is 0.0162. The van der Waals surface area contributed by atoms with E-state index in [2.05, 4.69) is 10.6 Å². The van der Waals surface area contributed by atoms with Crippen molar-refractivity contribution in [2.24, 2.45) is 5.73 Å². The van der Waals surface area contributed by atoms with E-state index in [0.717, 1.165) is 24.9 Å². The van der Waals surface area contributed by atoms with Crippen LogP contribution in [0.1, 0.15) is 35.7 Å². The number of rotatable bonds is 7. The first-order chi connectivity index (χ1) is 8.67. The minimum atomic E-state index is -0.0162. The highest BCUT2D eigenvalue weighted by molar-refractivity contribution is 5.94. The van der Waals surface area contributed by atoms with Gasteiger partial charge in [-0.1, -0.05) is 12.1 Å². The molecule has 0 saturated carbocycles. The summed E-state index contributed by atoms with van der Waals surface area (Å²) >= 11 is 0. The number of carbonyl (C=O) groups excluding carboxylic acids is 1. The van der Waals surface area contributed by atoms with E-state index in [1.807, 2.05) is 38.2 Å². The van der Waals surface area contributed by atoms with Crippen molar-refractivity contribution in [2.45, 2.75) is 32.4 Å². The third-order valence-corrected chi connectivity index (χ3v) is 2.79. The molecule has 1 amide bonds. The SMILES string of the molecule is CNCc1cccc(C(=O)N[C@H](C)CCCN)c1. The van der Waals surface area contributed by atoms with Gasteiger partial charge in [0.05, 0.1) is 0 Å². The highest BCUT2D eigenvalue weighted by atomic mass is 16.1. The Morgan fingerprint density at radius 2 is 2.22 bits per heavy atom. The van der Waals surface area contributed by atoms with Crippen LogP contribution >= 0.6 is 0 Å². The zero-order valence-corrected chi connectivity index (χ0v) is 11.2. The molecule has 0 unspecified atom stereocenters. The Labute approximate surface area is 109 Å². The summed E-state index contributed by atoms with van der Waals surface area (Å²) in [7, 11) is 1.89. The second-order valence-electron chi connectivity index (χ2n) is 4.54. The summed E-state index contributed by atoms with van der Waals surface area (Å²) in [5, 5.41) is 6.06. The second-order valence-corrected chi connectivity index (χ2v) is 4.54. The maximum Gasteiger partial charge on any atom is 0.251 e. The van der Waals surface area contributed by atoms with Crippen LogP contribution < -0.4 is 16.4 Å². The van der Waals surface area contributed by atoms with Crippen molar-refractivity contribution in [3.8, 4) is 0 Å². The van der Waals surface area contributed by atoms with Gasteiger partial charge in [0, 0.05) is 18.2 Å². The van der Waals surface area contributed by atoms with Gasteiger partial charge in [0.1, 0.15) is 0 Å². The summed E-state index contributed by atoms with van der Waals surface area (Å²) in [5.74, 6) is -0.0162. The lowest BCUT2D eigenvalue weighted by atomic mass is 10.1. The molecule has 1 aromatic carbocycles. The van der Waals surface area contributed by atoms with E-state index in [1.165, 1.54) is 0 Å². The van der Waals surface area contributed by atoms with Gasteiger partial charge < -0.3 is 16.4 Å². The van der Waals surface area contributed by atoms with E-state index in [-0.39, 0.29) is 11.9 Å². The van der Waals surface area contributed by atoms with Crippen LogP contribution in [0.3, 0.4) is 0 Å². The topological polar surface area (TPSA) is 67.2 Å². The molecule has 1 atom stereocenters. The normalized spacial score (nSPS) is 12.2. The fourth-order valence-corrected chi connectivity index (χ4v) is 1.83. The molecule has 18 heavy (non-hydrogen) atoms. The zero-order chi connectivity index (χ0) is 13.4. The van der Waals surface area contributed by atoms with Crippen molar-refractivity contribution < 1.29 is 4.79 Å². The Hall–Kier alpha value is -1.39. The zero-order valence-electron chi connectivity index (χ0n) is 11.2. The van der Waals surface area contributed by atoms with Crippen LogP contribution in [0.15, 0.2) is 24.3 Å². The number of nitrogens with one attached hydrogen (secondary N) is 2. The number of hydrogen-bond acceptors (Lipinski definition) is 3. The van der Waals surface area contributed by atoms with Gasteiger partial charge in [0.15, 0.2) is 0 Å². The number of carbonyl (C=O) groups is 1. The van der Waals surface area contributed by atoms with E-state index in [4.69, 9.17) is 5.73 Å². The second kappa shape index (κ2) is 7.84. The Balaban J connectivity index is 2.57. The van der Waals surface area contributed by atoms with Crippen LogP contribution in [-0.4, -0.2) is 25.5 Å². The summed E-state index contributed by atoms with van der Waals surface area (Å²) in [6.45, 7) is 3.44. The van der Waals surface area contributed by atoms with Crippen LogP contribution in [0.25, 0.3) is 0 Å². The standard InChI is InChI=1S/C14H23N3O/c1-11(5-4-8-15)17-14(18)13-7-3-6-12(9-13)10-16-2/h3,6-7,9,11,16H,4-5,8,10,15H2,1-2H3,(H,17,18)/t11-/m1/s1. The summed E-state index contributed by atoms with van der Waals surface area (Å²) in [4.78, 5) is 12.0. The van der Waals surface area contributed by atoms with Gasteiger partial charge in [-0.25, -0.2) is 0 Å². The fourth-order valence-electron chi connectivity index (χ4n) is 1.83. The maximum atomic E-state index is 12.0. The number of nitrogens with two attached hydrogens (primary N) is 1. The van der Waals surface area contributed by atoms with Crippen LogP contribution in [0, 0.1) is 0 Å². The molecule has 0 bridgehead atoms. The molecule has 0 fully saturated rings. The van der Waals surface area contributed by atoms with Crippen LogP contribution in [0.4, 0.5) is 0 Å². The van der Waals surface area contributed by atoms with Crippen molar-refractivity contribution in [1.82, 2.24) is 10.6 Å². The molecule has 4 nitrogen and oxygen atoms in total. The summed E-state index contributed by atoms with van der Waals surface area (Å²) in [6, 6.07) is 7.83. The Morgan fingerprint density at radius 1 is 1.44 bits per heavy atom. The van der Waals surface area contributed by atoms with E-state index < -0.39 is 0 Å². The molecule has 0 aliphatic heterocycles. The van der Waals surface area contributed by atoms with Gasteiger partial charge in [0.2, 0.25) is 0 Å². The molecule has 4 heteroatoms. The number of benzene rings is 1. The molecule has 0 heterocycles. The van der Waals surface area contributed by atoms with Gasteiger partial charge in [-0.2, -0.15) is 0 Å². The molecule has 0 aliphatic carbocycles. The number of amides is 1. The Morgan fingerprint density at radius 3 is 2.89 bits per heavy atom. The molecular formula is C14H23N3O. The smallest absolute Gasteiger partial charge is 0.251 e.